The SMILES string of the molecule is Cc1ccc(N(C)CCC(N)c2ccccc2F)cc1. The quantitative estimate of drug-likeness (QED) is 0.900. The fourth-order valence-corrected chi connectivity index (χ4v) is 2.19. The Labute approximate surface area is 120 Å². The molecule has 106 valence electrons. The minimum absolute atomic E-state index is 0.224. The topological polar surface area (TPSA) is 29.3 Å². The van der Waals surface area contributed by atoms with Gasteiger partial charge in [0.15, 0.2) is 0 Å². The summed E-state index contributed by atoms with van der Waals surface area (Å²) in [5.41, 5.74) is 9.06. The molecule has 2 N–H and O–H groups in total. The third kappa shape index (κ3) is 3.58. The minimum atomic E-state index is -0.274. The van der Waals surface area contributed by atoms with Crippen LogP contribution in [0, 0.1) is 12.7 Å². The molecule has 2 aromatic carbocycles. The van der Waals surface area contributed by atoms with E-state index in [9.17, 15) is 4.39 Å². The normalized spacial score (nSPS) is 12.2. The van der Waals surface area contributed by atoms with Gasteiger partial charge in [-0.05, 0) is 31.5 Å². The first-order valence-corrected chi connectivity index (χ1v) is 6.86. The van der Waals surface area contributed by atoms with Crippen molar-refractivity contribution >= 4 is 5.69 Å². The number of benzene rings is 2. The fraction of sp³-hybridized carbons (Fsp3) is 0.294. The summed E-state index contributed by atoms with van der Waals surface area (Å²) in [5, 5.41) is 0. The Morgan fingerprint density at radius 2 is 1.75 bits per heavy atom. The monoisotopic (exact) mass is 272 g/mol. The molecular weight excluding hydrogens is 251 g/mol. The number of nitrogens with zero attached hydrogens (tertiary/aromatic N) is 1. The molecule has 0 radical (unpaired) electrons. The maximum atomic E-state index is 13.6. The predicted molar refractivity (Wildman–Crippen MR) is 82.4 cm³/mol. The van der Waals surface area contributed by atoms with Crippen LogP contribution in [0.2, 0.25) is 0 Å². The average Bonchev–Trinajstić information content (AvgIpc) is 2.45. The first kappa shape index (κ1) is 14.5. The van der Waals surface area contributed by atoms with E-state index in [0.717, 1.165) is 12.2 Å². The lowest BCUT2D eigenvalue weighted by Gasteiger charge is -2.22. The van der Waals surface area contributed by atoms with Gasteiger partial charge in [0, 0.05) is 30.9 Å². The standard InChI is InChI=1S/C17H21FN2/c1-13-7-9-14(10-8-13)20(2)12-11-17(19)15-5-3-4-6-16(15)18/h3-10,17H,11-12,19H2,1-2H3. The van der Waals surface area contributed by atoms with E-state index >= 15 is 0 Å². The van der Waals surface area contributed by atoms with Crippen molar-refractivity contribution in [1.82, 2.24) is 0 Å². The second-order valence-corrected chi connectivity index (χ2v) is 5.17. The Balaban J connectivity index is 1.95. The molecule has 20 heavy (non-hydrogen) atoms. The van der Waals surface area contributed by atoms with Crippen LogP contribution >= 0.6 is 0 Å². The Bertz CT molecular complexity index is 551. The van der Waals surface area contributed by atoms with Crippen LogP contribution in [0.15, 0.2) is 48.5 Å². The summed E-state index contributed by atoms with van der Waals surface area (Å²) in [6.07, 6.45) is 0.714. The van der Waals surface area contributed by atoms with Crippen molar-refractivity contribution in [1.29, 1.82) is 0 Å². The van der Waals surface area contributed by atoms with Gasteiger partial charge < -0.3 is 10.6 Å². The zero-order valence-electron chi connectivity index (χ0n) is 12.0. The number of aryl methyl sites for hydroxylation is 1. The Morgan fingerprint density at radius 3 is 2.40 bits per heavy atom. The van der Waals surface area contributed by atoms with E-state index in [1.807, 2.05) is 13.1 Å². The van der Waals surface area contributed by atoms with Crippen LogP contribution in [0.4, 0.5) is 10.1 Å². The van der Waals surface area contributed by atoms with Gasteiger partial charge in [0.2, 0.25) is 0 Å². The molecule has 0 saturated carbocycles. The molecule has 0 bridgehead atoms. The third-order valence-electron chi connectivity index (χ3n) is 3.55. The minimum Gasteiger partial charge on any atom is -0.375 e. The summed E-state index contributed by atoms with van der Waals surface area (Å²) in [4.78, 5) is 2.14. The Kier molecular flexibility index (Phi) is 4.74. The summed E-state index contributed by atoms with van der Waals surface area (Å²) in [5.74, 6) is -0.224. The summed E-state index contributed by atoms with van der Waals surface area (Å²) in [6, 6.07) is 14.8. The molecule has 2 rings (SSSR count). The molecule has 0 fully saturated rings. The van der Waals surface area contributed by atoms with Crippen molar-refractivity contribution in [3.8, 4) is 0 Å². The average molecular weight is 272 g/mol. The molecule has 0 spiro atoms. The number of hydrogen-bond acceptors (Lipinski definition) is 2. The highest BCUT2D eigenvalue weighted by Crippen LogP contribution is 2.19. The van der Waals surface area contributed by atoms with Crippen LogP contribution < -0.4 is 10.6 Å². The van der Waals surface area contributed by atoms with Crippen molar-refractivity contribution in [2.24, 2.45) is 5.73 Å². The highest BCUT2D eigenvalue weighted by atomic mass is 19.1. The second-order valence-electron chi connectivity index (χ2n) is 5.17. The van der Waals surface area contributed by atoms with E-state index in [1.165, 1.54) is 11.6 Å². The number of nitrogens with two attached hydrogens (primary N) is 1. The molecule has 0 aliphatic rings. The van der Waals surface area contributed by atoms with Gasteiger partial charge in [-0.25, -0.2) is 4.39 Å². The van der Waals surface area contributed by atoms with Gasteiger partial charge in [0.25, 0.3) is 0 Å². The van der Waals surface area contributed by atoms with Crippen LogP contribution in [0.25, 0.3) is 0 Å². The Morgan fingerprint density at radius 1 is 1.10 bits per heavy atom. The largest absolute Gasteiger partial charge is 0.375 e. The van der Waals surface area contributed by atoms with Crippen molar-refractivity contribution in [3.05, 3.63) is 65.5 Å². The Hall–Kier alpha value is -1.87. The first-order valence-electron chi connectivity index (χ1n) is 6.86. The van der Waals surface area contributed by atoms with Gasteiger partial charge in [-0.2, -0.15) is 0 Å². The number of anilines is 1. The predicted octanol–water partition coefficient (Wildman–Crippen LogP) is 3.66. The maximum Gasteiger partial charge on any atom is 0.127 e. The molecule has 2 aromatic rings. The molecule has 1 atom stereocenters. The first-order chi connectivity index (χ1) is 9.58. The number of halogens is 1. The molecule has 0 heterocycles. The summed E-state index contributed by atoms with van der Waals surface area (Å²) in [6.45, 7) is 2.86. The smallest absolute Gasteiger partial charge is 0.127 e. The molecular formula is C17H21FN2. The van der Waals surface area contributed by atoms with E-state index in [-0.39, 0.29) is 11.9 Å². The lowest BCUT2D eigenvalue weighted by Crippen LogP contribution is -2.23. The fourth-order valence-electron chi connectivity index (χ4n) is 2.19. The van der Waals surface area contributed by atoms with Gasteiger partial charge in [0.1, 0.15) is 5.82 Å². The van der Waals surface area contributed by atoms with Crippen molar-refractivity contribution in [2.45, 2.75) is 19.4 Å². The number of hydrogen-bond donors (Lipinski definition) is 1. The van der Waals surface area contributed by atoms with Crippen LogP contribution in [0.1, 0.15) is 23.6 Å². The van der Waals surface area contributed by atoms with E-state index < -0.39 is 0 Å². The lowest BCUT2D eigenvalue weighted by molar-refractivity contribution is 0.563. The van der Waals surface area contributed by atoms with Gasteiger partial charge in [-0.15, -0.1) is 0 Å². The van der Waals surface area contributed by atoms with Crippen molar-refractivity contribution in [3.63, 3.8) is 0 Å². The van der Waals surface area contributed by atoms with E-state index in [0.29, 0.717) is 12.0 Å². The molecule has 0 aromatic heterocycles. The summed E-state index contributed by atoms with van der Waals surface area (Å²) in [7, 11) is 2.03. The van der Waals surface area contributed by atoms with Crippen molar-refractivity contribution < 1.29 is 4.39 Å². The van der Waals surface area contributed by atoms with Gasteiger partial charge >= 0.3 is 0 Å². The second kappa shape index (κ2) is 6.53. The zero-order chi connectivity index (χ0) is 14.5. The van der Waals surface area contributed by atoms with Gasteiger partial charge in [-0.1, -0.05) is 35.9 Å². The van der Waals surface area contributed by atoms with Gasteiger partial charge in [0.05, 0.1) is 0 Å². The third-order valence-corrected chi connectivity index (χ3v) is 3.55. The van der Waals surface area contributed by atoms with Crippen LogP contribution in [0.5, 0.6) is 0 Å². The highest BCUT2D eigenvalue weighted by molar-refractivity contribution is 5.46. The van der Waals surface area contributed by atoms with E-state index in [4.69, 9.17) is 5.73 Å². The number of rotatable bonds is 5. The molecule has 0 saturated heterocycles. The molecule has 1 unspecified atom stereocenters. The van der Waals surface area contributed by atoms with Gasteiger partial charge in [-0.3, -0.25) is 0 Å². The van der Waals surface area contributed by atoms with Crippen LogP contribution in [-0.2, 0) is 0 Å². The van der Waals surface area contributed by atoms with E-state index in [2.05, 4.69) is 36.1 Å². The summed E-state index contributed by atoms with van der Waals surface area (Å²) >= 11 is 0. The molecule has 0 aliphatic carbocycles. The highest BCUT2D eigenvalue weighted by Gasteiger charge is 2.11. The maximum absolute atomic E-state index is 13.6. The molecule has 0 aliphatic heterocycles. The summed E-state index contributed by atoms with van der Waals surface area (Å²) < 4.78 is 13.6. The van der Waals surface area contributed by atoms with Crippen LogP contribution in [0.3, 0.4) is 0 Å². The molecule has 0 amide bonds. The van der Waals surface area contributed by atoms with E-state index in [1.54, 1.807) is 12.1 Å². The van der Waals surface area contributed by atoms with Crippen LogP contribution in [-0.4, -0.2) is 13.6 Å². The van der Waals surface area contributed by atoms with Crippen molar-refractivity contribution in [2.75, 3.05) is 18.5 Å². The zero-order valence-corrected chi connectivity index (χ0v) is 12.0. The molecule has 3 heteroatoms. The molecule has 2 nitrogen and oxygen atoms in total. The lowest BCUT2D eigenvalue weighted by atomic mass is 10.0.